The highest BCUT2D eigenvalue weighted by Crippen LogP contribution is 2.23. The third kappa shape index (κ3) is 4.38. The summed E-state index contributed by atoms with van der Waals surface area (Å²) in [5, 5.41) is 10.4. The molecule has 0 atom stereocenters. The van der Waals surface area contributed by atoms with E-state index in [0.717, 1.165) is 17.3 Å². The van der Waals surface area contributed by atoms with Crippen LogP contribution in [0.15, 0.2) is 29.4 Å². The molecule has 0 saturated carbocycles. The van der Waals surface area contributed by atoms with Crippen molar-refractivity contribution in [3.8, 4) is 17.1 Å². The minimum atomic E-state index is -0.781. The Morgan fingerprint density at radius 2 is 2.00 bits per heavy atom. The van der Waals surface area contributed by atoms with E-state index in [1.165, 1.54) is 4.68 Å². The fourth-order valence-corrected chi connectivity index (χ4v) is 2.42. The van der Waals surface area contributed by atoms with Gasteiger partial charge in [-0.3, -0.25) is 10.1 Å². The van der Waals surface area contributed by atoms with Gasteiger partial charge in [-0.15, -0.1) is 10.2 Å². The maximum Gasteiger partial charge on any atom is 0.413 e. The van der Waals surface area contributed by atoms with Gasteiger partial charge in [0.2, 0.25) is 11.1 Å². The Bertz CT molecular complexity index is 716. The molecule has 0 spiro atoms. The molecule has 0 radical (unpaired) electrons. The van der Waals surface area contributed by atoms with E-state index in [4.69, 9.17) is 10.6 Å². The van der Waals surface area contributed by atoms with Crippen molar-refractivity contribution >= 4 is 23.8 Å². The van der Waals surface area contributed by atoms with Crippen LogP contribution in [0.1, 0.15) is 6.92 Å². The molecule has 1 heterocycles. The lowest BCUT2D eigenvalue weighted by molar-refractivity contribution is -0.117. The van der Waals surface area contributed by atoms with Crippen LogP contribution < -0.4 is 15.9 Å². The van der Waals surface area contributed by atoms with Crippen molar-refractivity contribution < 1.29 is 19.1 Å². The standard InChI is InChI=1S/C14H17N5O4S/c1-3-23-14(21)16-11(20)8-24-13-18-17-12(19(13)15)9-4-6-10(22-2)7-5-9/h4-7H,3,8,15H2,1-2H3,(H,16,20,21). The van der Waals surface area contributed by atoms with Gasteiger partial charge in [0, 0.05) is 5.56 Å². The van der Waals surface area contributed by atoms with Gasteiger partial charge in [0.05, 0.1) is 19.5 Å². The Labute approximate surface area is 142 Å². The van der Waals surface area contributed by atoms with Gasteiger partial charge in [0.1, 0.15) is 5.75 Å². The van der Waals surface area contributed by atoms with E-state index in [9.17, 15) is 9.59 Å². The molecule has 2 amide bonds. The first-order chi connectivity index (χ1) is 11.5. The fraction of sp³-hybridized carbons (Fsp3) is 0.286. The Morgan fingerprint density at radius 1 is 1.29 bits per heavy atom. The van der Waals surface area contributed by atoms with Crippen molar-refractivity contribution in [1.29, 1.82) is 0 Å². The molecule has 0 aliphatic carbocycles. The van der Waals surface area contributed by atoms with Crippen LogP contribution >= 0.6 is 11.8 Å². The predicted molar refractivity (Wildman–Crippen MR) is 88.0 cm³/mol. The highest BCUT2D eigenvalue weighted by Gasteiger charge is 2.15. The van der Waals surface area contributed by atoms with Gasteiger partial charge in [-0.25, -0.2) is 9.47 Å². The number of benzene rings is 1. The van der Waals surface area contributed by atoms with Crippen LogP contribution in [0, 0.1) is 0 Å². The molecule has 1 aromatic heterocycles. The first-order valence-electron chi connectivity index (χ1n) is 6.99. The summed E-state index contributed by atoms with van der Waals surface area (Å²) >= 11 is 1.06. The number of aromatic nitrogens is 3. The molecular weight excluding hydrogens is 334 g/mol. The van der Waals surface area contributed by atoms with Gasteiger partial charge in [0.25, 0.3) is 0 Å². The number of amides is 2. The van der Waals surface area contributed by atoms with Gasteiger partial charge in [-0.05, 0) is 31.2 Å². The lowest BCUT2D eigenvalue weighted by Gasteiger charge is -2.05. The van der Waals surface area contributed by atoms with Crippen LogP contribution in [0.25, 0.3) is 11.4 Å². The van der Waals surface area contributed by atoms with Crippen molar-refractivity contribution in [2.24, 2.45) is 0 Å². The van der Waals surface area contributed by atoms with Crippen molar-refractivity contribution in [2.45, 2.75) is 12.1 Å². The molecule has 0 saturated heterocycles. The van der Waals surface area contributed by atoms with Crippen LogP contribution in [-0.2, 0) is 9.53 Å². The molecule has 0 aliphatic heterocycles. The van der Waals surface area contributed by atoms with E-state index in [2.05, 4.69) is 20.3 Å². The number of nitrogens with zero attached hydrogens (tertiary/aromatic N) is 3. The summed E-state index contributed by atoms with van der Waals surface area (Å²) in [4.78, 5) is 22.8. The Kier molecular flexibility index (Phi) is 6.01. The molecule has 0 aliphatic rings. The zero-order valence-electron chi connectivity index (χ0n) is 13.2. The average Bonchev–Trinajstić information content (AvgIpc) is 2.94. The van der Waals surface area contributed by atoms with Crippen molar-refractivity contribution in [3.63, 3.8) is 0 Å². The van der Waals surface area contributed by atoms with E-state index in [1.54, 1.807) is 38.3 Å². The third-order valence-corrected chi connectivity index (χ3v) is 3.81. The number of ether oxygens (including phenoxy) is 2. The van der Waals surface area contributed by atoms with Gasteiger partial charge < -0.3 is 15.3 Å². The van der Waals surface area contributed by atoms with Crippen LogP contribution in [0.5, 0.6) is 5.75 Å². The highest BCUT2D eigenvalue weighted by molar-refractivity contribution is 7.99. The number of nitrogen functional groups attached to an aromatic ring is 1. The molecular formula is C14H17N5O4S. The summed E-state index contributed by atoms with van der Waals surface area (Å²) in [6.45, 7) is 1.84. The SMILES string of the molecule is CCOC(=O)NC(=O)CSc1nnc(-c2ccc(OC)cc2)n1N. The third-order valence-electron chi connectivity index (χ3n) is 2.86. The minimum Gasteiger partial charge on any atom is -0.497 e. The summed E-state index contributed by atoms with van der Waals surface area (Å²) < 4.78 is 11.0. The summed E-state index contributed by atoms with van der Waals surface area (Å²) in [5.41, 5.74) is 0.758. The van der Waals surface area contributed by atoms with E-state index in [-0.39, 0.29) is 12.4 Å². The molecule has 128 valence electrons. The van der Waals surface area contributed by atoms with Crippen LogP contribution in [0.4, 0.5) is 4.79 Å². The van der Waals surface area contributed by atoms with Gasteiger partial charge in [-0.1, -0.05) is 11.8 Å². The summed E-state index contributed by atoms with van der Waals surface area (Å²) in [5.74, 6) is 6.57. The number of imide groups is 1. The lowest BCUT2D eigenvalue weighted by Crippen LogP contribution is -2.32. The molecule has 9 nitrogen and oxygen atoms in total. The van der Waals surface area contributed by atoms with Gasteiger partial charge in [0.15, 0.2) is 5.82 Å². The largest absolute Gasteiger partial charge is 0.497 e. The van der Waals surface area contributed by atoms with Crippen LogP contribution in [0.2, 0.25) is 0 Å². The molecule has 10 heteroatoms. The molecule has 0 bridgehead atoms. The first kappa shape index (κ1) is 17.6. The molecule has 2 aromatic rings. The molecule has 1 aromatic carbocycles. The maximum absolute atomic E-state index is 11.6. The van der Waals surface area contributed by atoms with E-state index >= 15 is 0 Å². The Hall–Kier alpha value is -2.75. The summed E-state index contributed by atoms with van der Waals surface area (Å²) in [6.07, 6.45) is -0.781. The summed E-state index contributed by atoms with van der Waals surface area (Å²) in [6, 6.07) is 7.16. The van der Waals surface area contributed by atoms with Crippen LogP contribution in [0.3, 0.4) is 0 Å². The number of carbonyl (C=O) groups excluding carboxylic acids is 2. The highest BCUT2D eigenvalue weighted by atomic mass is 32.2. The van der Waals surface area contributed by atoms with Gasteiger partial charge in [-0.2, -0.15) is 0 Å². The number of nitrogens with one attached hydrogen (secondary N) is 1. The van der Waals surface area contributed by atoms with E-state index in [1.807, 2.05) is 0 Å². The Balaban J connectivity index is 1.99. The second-order valence-electron chi connectivity index (χ2n) is 4.46. The number of hydrogen-bond acceptors (Lipinski definition) is 8. The molecule has 2 rings (SSSR count). The second kappa shape index (κ2) is 8.20. The second-order valence-corrected chi connectivity index (χ2v) is 5.40. The number of alkyl carbamates (subject to hydrolysis) is 1. The predicted octanol–water partition coefficient (Wildman–Crippen LogP) is 1.03. The minimum absolute atomic E-state index is 0.0449. The monoisotopic (exact) mass is 351 g/mol. The van der Waals surface area contributed by atoms with Crippen LogP contribution in [-0.4, -0.2) is 46.3 Å². The van der Waals surface area contributed by atoms with E-state index < -0.39 is 12.0 Å². The average molecular weight is 351 g/mol. The molecule has 24 heavy (non-hydrogen) atoms. The maximum atomic E-state index is 11.6. The van der Waals surface area contributed by atoms with Crippen molar-refractivity contribution in [1.82, 2.24) is 20.2 Å². The number of rotatable bonds is 6. The number of methoxy groups -OCH3 is 1. The number of carbonyl (C=O) groups is 2. The number of nitrogens with two attached hydrogens (primary N) is 1. The zero-order chi connectivity index (χ0) is 17.5. The molecule has 3 N–H and O–H groups in total. The summed E-state index contributed by atoms with van der Waals surface area (Å²) in [7, 11) is 1.58. The number of thioether (sulfide) groups is 1. The number of hydrogen-bond donors (Lipinski definition) is 2. The van der Waals surface area contributed by atoms with Crippen molar-refractivity contribution in [3.05, 3.63) is 24.3 Å². The van der Waals surface area contributed by atoms with E-state index in [0.29, 0.717) is 16.7 Å². The normalized spacial score (nSPS) is 10.2. The zero-order valence-corrected chi connectivity index (χ0v) is 14.0. The Morgan fingerprint density at radius 3 is 2.62 bits per heavy atom. The lowest BCUT2D eigenvalue weighted by atomic mass is 10.2. The molecule has 0 unspecified atom stereocenters. The molecule has 0 fully saturated rings. The van der Waals surface area contributed by atoms with Crippen molar-refractivity contribution in [2.75, 3.05) is 25.3 Å². The quantitative estimate of drug-likeness (QED) is 0.585. The van der Waals surface area contributed by atoms with Gasteiger partial charge >= 0.3 is 6.09 Å². The topological polar surface area (TPSA) is 121 Å². The smallest absolute Gasteiger partial charge is 0.413 e. The fourth-order valence-electron chi connectivity index (χ4n) is 1.76. The first-order valence-corrected chi connectivity index (χ1v) is 7.98.